The summed E-state index contributed by atoms with van der Waals surface area (Å²) in [6.45, 7) is 1.92. The third-order valence-corrected chi connectivity index (χ3v) is 7.36. The van der Waals surface area contributed by atoms with Crippen molar-refractivity contribution in [3.05, 3.63) is 99.1 Å². The van der Waals surface area contributed by atoms with Crippen LogP contribution in [0.4, 0.5) is 4.39 Å². The minimum Gasteiger partial charge on any atom is -0.437 e. The quantitative estimate of drug-likeness (QED) is 0.300. The van der Waals surface area contributed by atoms with Crippen LogP contribution in [0.1, 0.15) is 35.6 Å². The Labute approximate surface area is 199 Å². The van der Waals surface area contributed by atoms with Crippen LogP contribution in [-0.4, -0.2) is 20.6 Å². The fraction of sp³-hybridized carbons (Fsp3) is 0.192. The lowest BCUT2D eigenvalue weighted by Gasteiger charge is -2.41. The van der Waals surface area contributed by atoms with Crippen molar-refractivity contribution in [3.8, 4) is 11.4 Å². The highest BCUT2D eigenvalue weighted by atomic mass is 32.1. The zero-order valence-corrected chi connectivity index (χ0v) is 19.0. The van der Waals surface area contributed by atoms with E-state index in [4.69, 9.17) is 9.72 Å². The van der Waals surface area contributed by atoms with Crippen LogP contribution >= 0.6 is 12.6 Å². The molecule has 0 spiro atoms. The molecule has 1 unspecified atom stereocenters. The highest BCUT2D eigenvalue weighted by molar-refractivity contribution is 7.81. The molecule has 6 rings (SSSR count). The minimum atomic E-state index is -2.03. The Balaban J connectivity index is 1.67. The van der Waals surface area contributed by atoms with E-state index < -0.39 is 27.9 Å². The molecule has 0 bridgehead atoms. The van der Waals surface area contributed by atoms with Crippen LogP contribution in [0, 0.1) is 5.82 Å². The SMILES string of the molecule is CC[C@@]1(O)C(=O)OC(S)(c2ccc(F)cc2)c2c1cc1n(c2=O)Cc2cc3ccccc3nc2-1. The number of cyclic esters (lactones) is 1. The molecule has 2 aromatic carbocycles. The first-order valence-electron chi connectivity index (χ1n) is 10.9. The Hall–Kier alpha value is -3.49. The molecule has 0 saturated heterocycles. The first kappa shape index (κ1) is 21.1. The molecule has 2 aromatic heterocycles. The van der Waals surface area contributed by atoms with E-state index in [2.05, 4.69) is 12.6 Å². The van der Waals surface area contributed by atoms with E-state index in [1.165, 1.54) is 24.3 Å². The second kappa shape index (κ2) is 7.01. The van der Waals surface area contributed by atoms with Crippen molar-refractivity contribution in [1.82, 2.24) is 9.55 Å². The maximum Gasteiger partial charge on any atom is 0.344 e. The average molecular weight is 475 g/mol. The average Bonchev–Trinajstić information content (AvgIpc) is 3.19. The lowest BCUT2D eigenvalue weighted by molar-refractivity contribution is -0.178. The number of hydrogen-bond acceptors (Lipinski definition) is 6. The molecule has 170 valence electrons. The molecule has 0 radical (unpaired) electrons. The Kier molecular flexibility index (Phi) is 4.34. The number of halogens is 1. The van der Waals surface area contributed by atoms with Gasteiger partial charge in [0.2, 0.25) is 4.93 Å². The smallest absolute Gasteiger partial charge is 0.344 e. The molecule has 2 aliphatic heterocycles. The van der Waals surface area contributed by atoms with E-state index in [1.54, 1.807) is 17.6 Å². The van der Waals surface area contributed by atoms with Gasteiger partial charge in [0.15, 0.2) is 5.60 Å². The van der Waals surface area contributed by atoms with Gasteiger partial charge in [0.05, 0.1) is 29.0 Å². The molecule has 2 aliphatic rings. The molecule has 34 heavy (non-hydrogen) atoms. The predicted molar refractivity (Wildman–Crippen MR) is 127 cm³/mol. The van der Waals surface area contributed by atoms with Gasteiger partial charge in [-0.2, -0.15) is 0 Å². The van der Waals surface area contributed by atoms with E-state index in [0.717, 1.165) is 16.5 Å². The van der Waals surface area contributed by atoms with Gasteiger partial charge in [-0.05, 0) is 36.8 Å². The van der Waals surface area contributed by atoms with Crippen LogP contribution in [0.5, 0.6) is 0 Å². The Morgan fingerprint density at radius 1 is 1.15 bits per heavy atom. The summed E-state index contributed by atoms with van der Waals surface area (Å²) in [6.07, 6.45) is -0.00694. The normalized spacial score (nSPS) is 22.8. The van der Waals surface area contributed by atoms with Crippen molar-refractivity contribution >= 4 is 29.5 Å². The highest BCUT2D eigenvalue weighted by Gasteiger charge is 2.55. The molecular formula is C26H19FN2O4S. The van der Waals surface area contributed by atoms with Crippen LogP contribution in [0.3, 0.4) is 0 Å². The van der Waals surface area contributed by atoms with E-state index in [9.17, 15) is 19.1 Å². The summed E-state index contributed by atoms with van der Waals surface area (Å²) < 4.78 is 20.8. The molecule has 4 aromatic rings. The Morgan fingerprint density at radius 3 is 2.62 bits per heavy atom. The molecule has 0 saturated carbocycles. The summed E-state index contributed by atoms with van der Waals surface area (Å²) in [6, 6.07) is 16.5. The maximum atomic E-state index is 13.9. The van der Waals surface area contributed by atoms with Gasteiger partial charge in [-0.3, -0.25) is 4.79 Å². The van der Waals surface area contributed by atoms with Gasteiger partial charge < -0.3 is 14.4 Å². The lowest BCUT2D eigenvalue weighted by atomic mass is 9.81. The number of carbonyl (C=O) groups is 1. The number of benzene rings is 2. The number of aliphatic hydroxyl groups is 1. The molecule has 6 nitrogen and oxygen atoms in total. The zero-order chi connectivity index (χ0) is 23.8. The van der Waals surface area contributed by atoms with Gasteiger partial charge in [0.1, 0.15) is 5.82 Å². The van der Waals surface area contributed by atoms with Gasteiger partial charge in [0.25, 0.3) is 5.56 Å². The van der Waals surface area contributed by atoms with Gasteiger partial charge in [-0.15, -0.1) is 12.6 Å². The van der Waals surface area contributed by atoms with Crippen LogP contribution in [0.2, 0.25) is 0 Å². The lowest BCUT2D eigenvalue weighted by Crippen LogP contribution is -2.51. The summed E-state index contributed by atoms with van der Waals surface area (Å²) in [5, 5.41) is 12.3. The first-order valence-corrected chi connectivity index (χ1v) is 11.3. The topological polar surface area (TPSA) is 81.4 Å². The van der Waals surface area contributed by atoms with E-state index in [-0.39, 0.29) is 24.1 Å². The number of pyridine rings is 2. The van der Waals surface area contributed by atoms with Crippen LogP contribution < -0.4 is 5.56 Å². The number of fused-ring (bicyclic) bond motifs is 5. The number of thiol groups is 1. The molecule has 8 heteroatoms. The maximum absolute atomic E-state index is 13.9. The Bertz CT molecular complexity index is 1580. The van der Waals surface area contributed by atoms with Crippen molar-refractivity contribution in [2.24, 2.45) is 0 Å². The molecule has 0 fully saturated rings. The zero-order valence-electron chi connectivity index (χ0n) is 18.1. The minimum absolute atomic E-state index is 0.00694. The van der Waals surface area contributed by atoms with Gasteiger partial charge in [-0.1, -0.05) is 37.3 Å². The monoisotopic (exact) mass is 474 g/mol. The molecule has 2 atom stereocenters. The standard InChI is InChI=1S/C26H19FN2O4S/c1-2-25(32)18-12-20-22-15(11-14-5-3-4-6-19(14)28-22)13-29(20)23(30)21(18)26(34,33-24(25)31)16-7-9-17(27)10-8-16/h3-12,32,34H,2,13H2,1H3/t25-,26?/m0/s1. The van der Waals surface area contributed by atoms with E-state index >= 15 is 0 Å². The fourth-order valence-electron chi connectivity index (χ4n) is 4.92. The van der Waals surface area contributed by atoms with Crippen molar-refractivity contribution in [2.45, 2.75) is 30.4 Å². The predicted octanol–water partition coefficient (Wildman–Crippen LogP) is 3.85. The van der Waals surface area contributed by atoms with Crippen molar-refractivity contribution in [3.63, 3.8) is 0 Å². The van der Waals surface area contributed by atoms with Gasteiger partial charge in [0, 0.05) is 22.1 Å². The number of hydrogen-bond donors (Lipinski definition) is 2. The van der Waals surface area contributed by atoms with Crippen LogP contribution in [-0.2, 0) is 26.6 Å². The number of carbonyl (C=O) groups excluding carboxylic acids is 1. The summed E-state index contributed by atoms with van der Waals surface area (Å²) in [4.78, 5) is 30.0. The summed E-state index contributed by atoms with van der Waals surface area (Å²) in [5.41, 5.74) is 0.767. The number of aromatic nitrogens is 2. The number of nitrogens with zero attached hydrogens (tertiary/aromatic N) is 2. The largest absolute Gasteiger partial charge is 0.437 e. The number of ether oxygens (including phenoxy) is 1. The fourth-order valence-corrected chi connectivity index (χ4v) is 5.37. The second-order valence-electron chi connectivity index (χ2n) is 8.65. The van der Waals surface area contributed by atoms with Crippen LogP contribution in [0.15, 0.2) is 65.5 Å². The molecule has 0 aliphatic carbocycles. The Morgan fingerprint density at radius 2 is 1.88 bits per heavy atom. The highest BCUT2D eigenvalue weighted by Crippen LogP contribution is 2.48. The third-order valence-electron chi connectivity index (χ3n) is 6.78. The third kappa shape index (κ3) is 2.69. The van der Waals surface area contributed by atoms with Gasteiger partial charge in [-0.25, -0.2) is 14.2 Å². The van der Waals surface area contributed by atoms with E-state index in [1.807, 2.05) is 30.3 Å². The first-order chi connectivity index (χ1) is 16.3. The number of esters is 1. The summed E-state index contributed by atoms with van der Waals surface area (Å²) >= 11 is 4.65. The second-order valence-corrected chi connectivity index (χ2v) is 9.28. The van der Waals surface area contributed by atoms with Crippen molar-refractivity contribution in [1.29, 1.82) is 0 Å². The summed E-state index contributed by atoms with van der Waals surface area (Å²) in [5.74, 6) is -1.40. The van der Waals surface area contributed by atoms with Gasteiger partial charge >= 0.3 is 5.97 Å². The van der Waals surface area contributed by atoms with E-state index in [0.29, 0.717) is 17.0 Å². The molecular weight excluding hydrogens is 455 g/mol. The number of rotatable bonds is 2. The van der Waals surface area contributed by atoms with Crippen molar-refractivity contribution in [2.75, 3.05) is 0 Å². The van der Waals surface area contributed by atoms with Crippen LogP contribution in [0.25, 0.3) is 22.3 Å². The summed E-state index contributed by atoms with van der Waals surface area (Å²) in [7, 11) is 0. The molecule has 4 heterocycles. The molecule has 1 N–H and O–H groups in total. The molecule has 0 amide bonds. The van der Waals surface area contributed by atoms with Crippen molar-refractivity contribution < 1.29 is 19.0 Å². The number of para-hydroxylation sites is 1.